The van der Waals surface area contributed by atoms with E-state index in [9.17, 15) is 14.4 Å². The SMILES string of the molecule is CCOC(=O)CNC(=O)N1CCCN1C(=O)/C=C/c1c(C)nn(C)c1Cl. The van der Waals surface area contributed by atoms with E-state index in [2.05, 4.69) is 10.4 Å². The summed E-state index contributed by atoms with van der Waals surface area (Å²) in [7, 11) is 1.71. The van der Waals surface area contributed by atoms with Crippen LogP contribution in [0.25, 0.3) is 6.08 Å². The molecule has 1 aliphatic rings. The van der Waals surface area contributed by atoms with Crippen LogP contribution in [0, 0.1) is 6.92 Å². The van der Waals surface area contributed by atoms with Crippen LogP contribution in [0.5, 0.6) is 0 Å². The smallest absolute Gasteiger partial charge is 0.336 e. The number of nitrogens with one attached hydrogen (secondary N) is 1. The number of esters is 1. The molecule has 0 atom stereocenters. The lowest BCUT2D eigenvalue weighted by Crippen LogP contribution is -2.49. The van der Waals surface area contributed by atoms with Crippen LogP contribution in [0.15, 0.2) is 6.08 Å². The zero-order valence-electron chi connectivity index (χ0n) is 15.0. The van der Waals surface area contributed by atoms with E-state index in [0.29, 0.717) is 35.9 Å². The Bertz CT molecular complexity index is 730. The van der Waals surface area contributed by atoms with Gasteiger partial charge in [-0.25, -0.2) is 14.8 Å². The molecule has 0 bridgehead atoms. The molecule has 9 nitrogen and oxygen atoms in total. The average Bonchev–Trinajstić information content (AvgIpc) is 3.17. The predicted octanol–water partition coefficient (Wildman–Crippen LogP) is 1.12. The molecule has 1 N–H and O–H groups in total. The van der Waals surface area contributed by atoms with Gasteiger partial charge in [0.15, 0.2) is 0 Å². The molecule has 3 amide bonds. The first-order valence-corrected chi connectivity index (χ1v) is 8.62. The molecule has 2 heterocycles. The highest BCUT2D eigenvalue weighted by Crippen LogP contribution is 2.20. The maximum Gasteiger partial charge on any atom is 0.336 e. The van der Waals surface area contributed by atoms with Crippen LogP contribution in [-0.4, -0.2) is 63.9 Å². The number of halogens is 1. The summed E-state index contributed by atoms with van der Waals surface area (Å²) in [5.74, 6) is -0.882. The molecule has 0 spiro atoms. The second kappa shape index (κ2) is 8.70. The highest BCUT2D eigenvalue weighted by Gasteiger charge is 2.29. The van der Waals surface area contributed by atoms with Gasteiger partial charge in [-0.2, -0.15) is 5.10 Å². The number of nitrogens with zero attached hydrogens (tertiary/aromatic N) is 4. The third kappa shape index (κ3) is 4.54. The zero-order chi connectivity index (χ0) is 19.3. The number of carbonyl (C=O) groups is 3. The monoisotopic (exact) mass is 383 g/mol. The summed E-state index contributed by atoms with van der Waals surface area (Å²) in [5.41, 5.74) is 1.35. The summed E-state index contributed by atoms with van der Waals surface area (Å²) in [5, 5.41) is 9.66. The first kappa shape index (κ1) is 19.8. The number of urea groups is 1. The van der Waals surface area contributed by atoms with E-state index in [-0.39, 0.29) is 19.1 Å². The Balaban J connectivity index is 2.00. The molecule has 1 aliphatic heterocycles. The van der Waals surface area contributed by atoms with Gasteiger partial charge in [0, 0.05) is 31.8 Å². The highest BCUT2D eigenvalue weighted by molar-refractivity contribution is 6.31. The minimum Gasteiger partial charge on any atom is -0.465 e. The van der Waals surface area contributed by atoms with Crippen molar-refractivity contribution in [3.05, 3.63) is 22.5 Å². The van der Waals surface area contributed by atoms with Gasteiger partial charge >= 0.3 is 12.0 Å². The Morgan fingerprint density at radius 2 is 2.00 bits per heavy atom. The van der Waals surface area contributed by atoms with E-state index in [4.69, 9.17) is 16.3 Å². The van der Waals surface area contributed by atoms with E-state index in [1.165, 1.54) is 20.8 Å². The molecule has 1 fully saturated rings. The number of ether oxygens (including phenoxy) is 1. The summed E-state index contributed by atoms with van der Waals surface area (Å²) in [6.07, 6.45) is 3.59. The number of amides is 3. The topological polar surface area (TPSA) is 96.8 Å². The summed E-state index contributed by atoms with van der Waals surface area (Å²) in [6, 6.07) is -0.520. The van der Waals surface area contributed by atoms with E-state index in [1.807, 2.05) is 0 Å². The Morgan fingerprint density at radius 1 is 1.31 bits per heavy atom. The lowest BCUT2D eigenvalue weighted by atomic mass is 10.2. The maximum absolute atomic E-state index is 12.5. The van der Waals surface area contributed by atoms with Crippen molar-refractivity contribution in [2.24, 2.45) is 7.05 Å². The van der Waals surface area contributed by atoms with Crippen LogP contribution < -0.4 is 5.32 Å². The molecule has 26 heavy (non-hydrogen) atoms. The highest BCUT2D eigenvalue weighted by atomic mass is 35.5. The van der Waals surface area contributed by atoms with Crippen molar-refractivity contribution in [3.8, 4) is 0 Å². The lowest BCUT2D eigenvalue weighted by Gasteiger charge is -2.26. The third-order valence-electron chi connectivity index (χ3n) is 3.80. The molecule has 0 radical (unpaired) electrons. The molecule has 2 rings (SSSR count). The molecule has 0 unspecified atom stereocenters. The van der Waals surface area contributed by atoms with Crippen molar-refractivity contribution in [3.63, 3.8) is 0 Å². The molecule has 1 aromatic heterocycles. The van der Waals surface area contributed by atoms with Crippen LogP contribution in [-0.2, 0) is 21.4 Å². The summed E-state index contributed by atoms with van der Waals surface area (Å²) >= 11 is 6.14. The first-order chi connectivity index (χ1) is 12.3. The van der Waals surface area contributed by atoms with Gasteiger partial charge in [0.2, 0.25) is 0 Å². The third-order valence-corrected chi connectivity index (χ3v) is 4.25. The van der Waals surface area contributed by atoms with Crippen LogP contribution >= 0.6 is 11.6 Å². The van der Waals surface area contributed by atoms with Gasteiger partial charge in [-0.3, -0.25) is 14.3 Å². The molecule has 10 heteroatoms. The van der Waals surface area contributed by atoms with Crippen LogP contribution in [0.2, 0.25) is 5.15 Å². The number of aryl methyl sites for hydroxylation is 2. The van der Waals surface area contributed by atoms with Gasteiger partial charge in [-0.15, -0.1) is 0 Å². The minimum absolute atomic E-state index is 0.240. The minimum atomic E-state index is -0.528. The van der Waals surface area contributed by atoms with E-state index in [1.54, 1.807) is 27.0 Å². The van der Waals surface area contributed by atoms with E-state index < -0.39 is 12.0 Å². The Kier molecular flexibility index (Phi) is 6.62. The average molecular weight is 384 g/mol. The Labute approximate surface area is 156 Å². The maximum atomic E-state index is 12.5. The number of carbonyl (C=O) groups excluding carboxylic acids is 3. The van der Waals surface area contributed by atoms with Gasteiger partial charge in [-0.05, 0) is 26.3 Å². The van der Waals surface area contributed by atoms with E-state index in [0.717, 1.165) is 0 Å². The molecule has 0 aliphatic carbocycles. The first-order valence-electron chi connectivity index (χ1n) is 8.24. The van der Waals surface area contributed by atoms with Crippen LogP contribution in [0.3, 0.4) is 0 Å². The van der Waals surface area contributed by atoms with Crippen molar-refractivity contribution in [1.29, 1.82) is 0 Å². The normalized spacial score (nSPS) is 14.2. The number of hydrazine groups is 1. The van der Waals surface area contributed by atoms with Gasteiger partial charge < -0.3 is 10.1 Å². The Hall–Kier alpha value is -2.55. The summed E-state index contributed by atoms with van der Waals surface area (Å²) < 4.78 is 6.28. The largest absolute Gasteiger partial charge is 0.465 e. The molecule has 0 saturated carbocycles. The van der Waals surface area contributed by atoms with Gasteiger partial charge in [0.25, 0.3) is 5.91 Å². The molecule has 0 aromatic carbocycles. The predicted molar refractivity (Wildman–Crippen MR) is 95.1 cm³/mol. The van der Waals surface area contributed by atoms with Gasteiger partial charge in [0.05, 0.1) is 12.3 Å². The fraction of sp³-hybridized carbons (Fsp3) is 0.500. The van der Waals surface area contributed by atoms with Gasteiger partial charge in [0.1, 0.15) is 11.7 Å². The molecular weight excluding hydrogens is 362 g/mol. The summed E-state index contributed by atoms with van der Waals surface area (Å²) in [4.78, 5) is 36.0. The number of hydrogen-bond acceptors (Lipinski definition) is 5. The second-order valence-electron chi connectivity index (χ2n) is 5.65. The molecular formula is C16H22ClN5O4. The zero-order valence-corrected chi connectivity index (χ0v) is 15.7. The number of aromatic nitrogens is 2. The van der Waals surface area contributed by atoms with Crippen molar-refractivity contribution in [2.75, 3.05) is 26.2 Å². The van der Waals surface area contributed by atoms with E-state index >= 15 is 0 Å². The fourth-order valence-corrected chi connectivity index (χ4v) is 2.82. The van der Waals surface area contributed by atoms with Crippen molar-refractivity contribution < 1.29 is 19.1 Å². The summed E-state index contributed by atoms with van der Waals surface area (Å²) in [6.45, 7) is 4.27. The van der Waals surface area contributed by atoms with Crippen LogP contribution in [0.1, 0.15) is 24.6 Å². The van der Waals surface area contributed by atoms with Gasteiger partial charge in [-0.1, -0.05) is 11.6 Å². The Morgan fingerprint density at radius 3 is 2.62 bits per heavy atom. The van der Waals surface area contributed by atoms with Crippen molar-refractivity contribution >= 4 is 35.6 Å². The molecule has 1 aromatic rings. The second-order valence-corrected chi connectivity index (χ2v) is 6.01. The van der Waals surface area contributed by atoms with Crippen molar-refractivity contribution in [1.82, 2.24) is 25.1 Å². The fourth-order valence-electron chi connectivity index (χ4n) is 2.58. The number of rotatable bonds is 5. The quantitative estimate of drug-likeness (QED) is 0.607. The van der Waals surface area contributed by atoms with Crippen molar-refractivity contribution in [2.45, 2.75) is 20.3 Å². The number of hydrogen-bond donors (Lipinski definition) is 1. The lowest BCUT2D eigenvalue weighted by molar-refractivity contribution is -0.141. The molecule has 142 valence electrons. The standard InChI is InChI=1S/C16H22ClN5O4/c1-4-26-14(24)10-18-16(25)22-9-5-8-21(22)13(23)7-6-12-11(2)19-20(3)15(12)17/h6-7H,4-5,8-10H2,1-3H3,(H,18,25)/b7-6+. The molecule has 1 saturated heterocycles. The van der Waals surface area contributed by atoms with Crippen LogP contribution in [0.4, 0.5) is 4.79 Å².